The van der Waals surface area contributed by atoms with Crippen molar-refractivity contribution in [3.8, 4) is 22.6 Å². The number of hydrogen-bond donors (Lipinski definition) is 0. The van der Waals surface area contributed by atoms with E-state index in [-0.39, 0.29) is 24.4 Å². The summed E-state index contributed by atoms with van der Waals surface area (Å²) in [4.78, 5) is 26.8. The Bertz CT molecular complexity index is 1830. The highest BCUT2D eigenvalue weighted by Gasteiger charge is 2.24. The summed E-state index contributed by atoms with van der Waals surface area (Å²) in [6, 6.07) is 9.85. The van der Waals surface area contributed by atoms with Crippen LogP contribution < -0.4 is 10.3 Å². The molecule has 0 bridgehead atoms. The number of carbonyl (C=O) groups is 1. The lowest BCUT2D eigenvalue weighted by Crippen LogP contribution is -2.30. The SMILES string of the molecule is CCC(C(=O)Cc1ccc2nn(C(F)F)cc2c1)n1cc(OC)c(-c2cc(Cl)ccc2-n2cc(C(F)F)nn2)cc1=O. The number of ketones is 1. The van der Waals surface area contributed by atoms with Crippen molar-refractivity contribution in [1.29, 1.82) is 0 Å². The van der Waals surface area contributed by atoms with Crippen LogP contribution in [0.1, 0.15) is 43.6 Å². The zero-order chi connectivity index (χ0) is 30.1. The summed E-state index contributed by atoms with van der Waals surface area (Å²) in [5.74, 6) is -0.0556. The summed E-state index contributed by atoms with van der Waals surface area (Å²) < 4.78 is 60.9. The van der Waals surface area contributed by atoms with Crippen molar-refractivity contribution in [2.24, 2.45) is 0 Å². The van der Waals surface area contributed by atoms with Crippen LogP contribution in [0, 0.1) is 0 Å². The maximum atomic E-state index is 13.4. The number of carbonyl (C=O) groups excluding carboxylic acids is 1. The van der Waals surface area contributed by atoms with Gasteiger partial charge in [0.15, 0.2) is 5.78 Å². The minimum absolute atomic E-state index is 0.0535. The second-order valence-electron chi connectivity index (χ2n) is 9.40. The molecule has 1 unspecified atom stereocenters. The maximum absolute atomic E-state index is 13.4. The van der Waals surface area contributed by atoms with E-state index in [2.05, 4.69) is 15.4 Å². The number of rotatable bonds is 10. The molecule has 0 amide bonds. The van der Waals surface area contributed by atoms with Gasteiger partial charge in [-0.1, -0.05) is 29.8 Å². The molecule has 218 valence electrons. The van der Waals surface area contributed by atoms with Crippen molar-refractivity contribution in [3.05, 3.63) is 87.7 Å². The first-order chi connectivity index (χ1) is 20.1. The first kappa shape index (κ1) is 29.0. The van der Waals surface area contributed by atoms with Crippen LogP contribution in [0.2, 0.25) is 5.02 Å². The lowest BCUT2D eigenvalue weighted by molar-refractivity contribution is -0.121. The molecule has 5 rings (SSSR count). The molecule has 5 aromatic rings. The molecule has 3 heterocycles. The van der Waals surface area contributed by atoms with Gasteiger partial charge in [0.05, 0.1) is 36.7 Å². The Kier molecular flexibility index (Phi) is 8.12. The van der Waals surface area contributed by atoms with E-state index in [0.29, 0.717) is 43.0 Å². The van der Waals surface area contributed by atoms with Gasteiger partial charge in [0.1, 0.15) is 11.4 Å². The molecule has 0 aliphatic carbocycles. The van der Waals surface area contributed by atoms with Crippen LogP contribution >= 0.6 is 11.6 Å². The number of aromatic nitrogens is 6. The average molecular weight is 603 g/mol. The second-order valence-corrected chi connectivity index (χ2v) is 9.83. The summed E-state index contributed by atoms with van der Waals surface area (Å²) in [5, 5.41) is 11.9. The summed E-state index contributed by atoms with van der Waals surface area (Å²) in [6.45, 7) is -1.03. The summed E-state index contributed by atoms with van der Waals surface area (Å²) in [7, 11) is 1.39. The smallest absolute Gasteiger partial charge is 0.333 e. The van der Waals surface area contributed by atoms with E-state index in [0.717, 1.165) is 10.9 Å². The number of nitrogens with zero attached hydrogens (tertiary/aromatic N) is 6. The van der Waals surface area contributed by atoms with Crippen LogP contribution in [-0.4, -0.2) is 42.2 Å². The number of benzene rings is 2. The van der Waals surface area contributed by atoms with E-state index in [4.69, 9.17) is 16.3 Å². The fourth-order valence-electron chi connectivity index (χ4n) is 4.77. The van der Waals surface area contributed by atoms with Crippen LogP contribution in [-0.2, 0) is 11.2 Å². The van der Waals surface area contributed by atoms with E-state index < -0.39 is 30.3 Å². The van der Waals surface area contributed by atoms with Gasteiger partial charge in [0.2, 0.25) is 0 Å². The average Bonchev–Trinajstić information content (AvgIpc) is 3.62. The topological polar surface area (TPSA) is 96.8 Å². The quantitative estimate of drug-likeness (QED) is 0.177. The van der Waals surface area contributed by atoms with Gasteiger partial charge in [0.25, 0.3) is 12.0 Å². The lowest BCUT2D eigenvalue weighted by atomic mass is 9.99. The predicted octanol–water partition coefficient (Wildman–Crippen LogP) is 6.20. The highest BCUT2D eigenvalue weighted by Crippen LogP contribution is 2.36. The number of fused-ring (bicyclic) bond motifs is 1. The minimum atomic E-state index is -2.83. The number of pyridine rings is 1. The molecule has 42 heavy (non-hydrogen) atoms. The third-order valence-electron chi connectivity index (χ3n) is 6.75. The molecular weight excluding hydrogens is 580 g/mol. The van der Waals surface area contributed by atoms with Gasteiger partial charge in [-0.3, -0.25) is 9.59 Å². The molecule has 14 heteroatoms. The van der Waals surface area contributed by atoms with Crippen LogP contribution in [0.15, 0.2) is 65.8 Å². The molecule has 0 radical (unpaired) electrons. The first-order valence-electron chi connectivity index (χ1n) is 12.7. The largest absolute Gasteiger partial charge is 0.495 e. The van der Waals surface area contributed by atoms with Gasteiger partial charge in [-0.05, 0) is 42.3 Å². The van der Waals surface area contributed by atoms with Crippen molar-refractivity contribution < 1.29 is 27.1 Å². The molecule has 0 fully saturated rings. The lowest BCUT2D eigenvalue weighted by Gasteiger charge is -2.20. The van der Waals surface area contributed by atoms with Crippen molar-refractivity contribution >= 4 is 28.3 Å². The Morgan fingerprint density at radius 3 is 2.48 bits per heavy atom. The Hall–Kier alpha value is -4.52. The molecule has 0 spiro atoms. The molecule has 3 aromatic heterocycles. The number of alkyl halides is 4. The van der Waals surface area contributed by atoms with E-state index in [1.54, 1.807) is 37.3 Å². The van der Waals surface area contributed by atoms with Gasteiger partial charge >= 0.3 is 6.55 Å². The first-order valence-corrected chi connectivity index (χ1v) is 13.1. The van der Waals surface area contributed by atoms with Crippen LogP contribution in [0.4, 0.5) is 17.6 Å². The molecular formula is C28H23ClF4N6O3. The van der Waals surface area contributed by atoms with Gasteiger partial charge < -0.3 is 9.30 Å². The number of hydrogen-bond acceptors (Lipinski definition) is 6. The third-order valence-corrected chi connectivity index (χ3v) is 6.99. The van der Waals surface area contributed by atoms with Gasteiger partial charge in [-0.15, -0.1) is 5.10 Å². The highest BCUT2D eigenvalue weighted by atomic mass is 35.5. The molecule has 0 saturated carbocycles. The molecule has 1 atom stereocenters. The third kappa shape index (κ3) is 5.64. The van der Waals surface area contributed by atoms with Gasteiger partial charge in [0, 0.05) is 40.2 Å². The van der Waals surface area contributed by atoms with E-state index in [9.17, 15) is 27.2 Å². The van der Waals surface area contributed by atoms with E-state index >= 15 is 0 Å². The Morgan fingerprint density at radius 2 is 1.81 bits per heavy atom. The number of methoxy groups -OCH3 is 1. The van der Waals surface area contributed by atoms with Crippen molar-refractivity contribution in [2.45, 2.75) is 38.8 Å². The molecule has 0 aliphatic heterocycles. The maximum Gasteiger partial charge on any atom is 0.333 e. The number of halogens is 5. The summed E-state index contributed by atoms with van der Waals surface area (Å²) >= 11 is 6.24. The normalized spacial score (nSPS) is 12.4. The predicted molar refractivity (Wildman–Crippen MR) is 147 cm³/mol. The minimum Gasteiger partial charge on any atom is -0.495 e. The van der Waals surface area contributed by atoms with Crippen LogP contribution in [0.5, 0.6) is 5.75 Å². The van der Waals surface area contributed by atoms with E-state index in [1.165, 1.54) is 36.2 Å². The van der Waals surface area contributed by atoms with Gasteiger partial charge in [-0.25, -0.2) is 18.1 Å². The van der Waals surface area contributed by atoms with Crippen LogP contribution in [0.25, 0.3) is 27.7 Å². The molecule has 0 aliphatic rings. The second kappa shape index (κ2) is 11.8. The Morgan fingerprint density at radius 1 is 1.02 bits per heavy atom. The Labute approximate surface area is 240 Å². The van der Waals surface area contributed by atoms with Crippen molar-refractivity contribution in [1.82, 2.24) is 29.3 Å². The zero-order valence-electron chi connectivity index (χ0n) is 22.2. The van der Waals surface area contributed by atoms with Crippen molar-refractivity contribution in [2.75, 3.05) is 7.11 Å². The highest BCUT2D eigenvalue weighted by molar-refractivity contribution is 6.31. The fraction of sp³-hybridized carbons (Fsp3) is 0.250. The summed E-state index contributed by atoms with van der Waals surface area (Å²) in [6.07, 6.45) is 1.10. The van der Waals surface area contributed by atoms with E-state index in [1.807, 2.05) is 0 Å². The standard InChI is InChI=1S/C28H23ClF4N6O3/c1-3-22(24(40)9-15-4-6-20-16(8-15)12-39(35-20)28(32)33)37-14-25(42-2)19(11-26(37)41)18-10-17(29)5-7-23(18)38-13-21(27(30)31)34-36-38/h4-8,10-14,22,27-28H,3,9H2,1-2H3. The zero-order valence-corrected chi connectivity index (χ0v) is 23.0. The molecule has 9 nitrogen and oxygen atoms in total. The van der Waals surface area contributed by atoms with Gasteiger partial charge in [-0.2, -0.15) is 13.9 Å². The number of Topliss-reactive ketones (excluding diaryl/α,β-unsaturated/α-hetero) is 1. The number of ether oxygens (including phenoxy) is 1. The van der Waals surface area contributed by atoms with Crippen LogP contribution in [0.3, 0.4) is 0 Å². The van der Waals surface area contributed by atoms with Crippen molar-refractivity contribution in [3.63, 3.8) is 0 Å². The monoisotopic (exact) mass is 602 g/mol. The molecule has 0 saturated heterocycles. The summed E-state index contributed by atoms with van der Waals surface area (Å²) in [5.41, 5.74) is 0.896. The molecule has 0 N–H and O–H groups in total. The fourth-order valence-corrected chi connectivity index (χ4v) is 4.94. The Balaban J connectivity index is 1.50. The molecule has 2 aromatic carbocycles.